The molecule has 0 aliphatic heterocycles. The van der Waals surface area contributed by atoms with Crippen LogP contribution < -0.4 is 10.6 Å². The molecule has 4 heteroatoms. The van der Waals surface area contributed by atoms with E-state index in [1.165, 1.54) is 6.42 Å². The minimum Gasteiger partial charge on any atom is -0.376 e. The molecule has 1 amide bonds. The van der Waals surface area contributed by atoms with Crippen LogP contribution in [0.2, 0.25) is 0 Å². The topological polar surface area (TPSA) is 41.1 Å². The monoisotopic (exact) mass is 268 g/mol. The fourth-order valence-corrected chi connectivity index (χ4v) is 1.96. The second-order valence-corrected chi connectivity index (χ2v) is 5.41. The van der Waals surface area contributed by atoms with Gasteiger partial charge in [0.2, 0.25) is 5.91 Å². The number of rotatable bonds is 5. The Morgan fingerprint density at radius 2 is 1.94 bits per heavy atom. The van der Waals surface area contributed by atoms with Crippen LogP contribution in [0.5, 0.6) is 0 Å². The van der Waals surface area contributed by atoms with E-state index < -0.39 is 0 Å². The molecule has 100 valence electrons. The van der Waals surface area contributed by atoms with Crippen LogP contribution in [0.3, 0.4) is 0 Å². The molecule has 0 aromatic heterocycles. The number of benzene rings is 1. The maximum absolute atomic E-state index is 11.6. The minimum atomic E-state index is 0. The van der Waals surface area contributed by atoms with E-state index in [1.807, 2.05) is 30.3 Å². The molecule has 0 saturated heterocycles. The Labute approximate surface area is 115 Å². The van der Waals surface area contributed by atoms with Crippen molar-refractivity contribution in [2.75, 3.05) is 18.4 Å². The van der Waals surface area contributed by atoms with Crippen LogP contribution in [0.1, 0.15) is 20.3 Å². The molecule has 0 heterocycles. The summed E-state index contributed by atoms with van der Waals surface area (Å²) in [5, 5.41) is 6.07. The quantitative estimate of drug-likeness (QED) is 0.862. The van der Waals surface area contributed by atoms with Gasteiger partial charge in [-0.1, -0.05) is 32.0 Å². The summed E-state index contributed by atoms with van der Waals surface area (Å²) in [6.07, 6.45) is 1.22. The van der Waals surface area contributed by atoms with E-state index in [4.69, 9.17) is 0 Å². The lowest BCUT2D eigenvalue weighted by Gasteiger charge is -2.08. The largest absolute Gasteiger partial charge is 0.376 e. The van der Waals surface area contributed by atoms with Crippen LogP contribution in [-0.2, 0) is 4.79 Å². The van der Waals surface area contributed by atoms with Gasteiger partial charge in [-0.25, -0.2) is 0 Å². The number of hydrogen-bond acceptors (Lipinski definition) is 2. The van der Waals surface area contributed by atoms with E-state index in [2.05, 4.69) is 24.5 Å². The van der Waals surface area contributed by atoms with Crippen molar-refractivity contribution in [3.8, 4) is 0 Å². The lowest BCUT2D eigenvalue weighted by Crippen LogP contribution is -2.32. The first-order valence-corrected chi connectivity index (χ1v) is 6.13. The molecule has 1 saturated carbocycles. The average molecular weight is 269 g/mol. The van der Waals surface area contributed by atoms with Gasteiger partial charge in [0.15, 0.2) is 0 Å². The zero-order chi connectivity index (χ0) is 12.3. The standard InChI is InChI=1S/C14H20N2O.ClH/c1-14(2)8-11(14)9-16-13(17)10-15-12-6-4-3-5-7-12;/h3-7,11,15H,8-10H2,1-2H3,(H,16,17);1H. The van der Waals surface area contributed by atoms with E-state index >= 15 is 0 Å². The summed E-state index contributed by atoms with van der Waals surface area (Å²) in [6, 6.07) is 9.77. The van der Waals surface area contributed by atoms with Gasteiger partial charge >= 0.3 is 0 Å². The molecular formula is C14H21ClN2O. The van der Waals surface area contributed by atoms with Gasteiger partial charge in [-0.15, -0.1) is 12.4 Å². The molecule has 2 N–H and O–H groups in total. The van der Waals surface area contributed by atoms with Crippen molar-refractivity contribution in [3.05, 3.63) is 30.3 Å². The molecule has 1 aromatic rings. The number of halogens is 1. The van der Waals surface area contributed by atoms with E-state index in [-0.39, 0.29) is 18.3 Å². The van der Waals surface area contributed by atoms with E-state index in [1.54, 1.807) is 0 Å². The van der Waals surface area contributed by atoms with Crippen molar-refractivity contribution in [1.82, 2.24) is 5.32 Å². The second kappa shape index (κ2) is 6.10. The predicted molar refractivity (Wildman–Crippen MR) is 77.1 cm³/mol. The van der Waals surface area contributed by atoms with E-state index in [9.17, 15) is 4.79 Å². The number of para-hydroxylation sites is 1. The summed E-state index contributed by atoms with van der Waals surface area (Å²) >= 11 is 0. The summed E-state index contributed by atoms with van der Waals surface area (Å²) in [6.45, 7) is 5.64. The Morgan fingerprint density at radius 1 is 1.33 bits per heavy atom. The molecule has 1 atom stereocenters. The first-order chi connectivity index (χ1) is 8.08. The molecule has 1 aromatic carbocycles. The zero-order valence-electron chi connectivity index (χ0n) is 10.9. The molecule has 1 aliphatic rings. The third kappa shape index (κ3) is 4.22. The Kier molecular flexibility index (Phi) is 5.03. The smallest absolute Gasteiger partial charge is 0.239 e. The van der Waals surface area contributed by atoms with Crippen LogP contribution in [0, 0.1) is 11.3 Å². The fraction of sp³-hybridized carbons (Fsp3) is 0.500. The van der Waals surface area contributed by atoms with Crippen LogP contribution in [0.4, 0.5) is 5.69 Å². The highest BCUT2D eigenvalue weighted by molar-refractivity contribution is 5.85. The average Bonchev–Trinajstić information content (AvgIpc) is 2.93. The molecule has 1 unspecified atom stereocenters. The summed E-state index contributed by atoms with van der Waals surface area (Å²) in [5.41, 5.74) is 1.41. The first kappa shape index (κ1) is 14.8. The van der Waals surface area contributed by atoms with Gasteiger partial charge in [0, 0.05) is 12.2 Å². The van der Waals surface area contributed by atoms with Gasteiger partial charge in [0.1, 0.15) is 0 Å². The summed E-state index contributed by atoms with van der Waals surface area (Å²) < 4.78 is 0. The second-order valence-electron chi connectivity index (χ2n) is 5.41. The van der Waals surface area contributed by atoms with Crippen molar-refractivity contribution in [3.63, 3.8) is 0 Å². The van der Waals surface area contributed by atoms with Gasteiger partial charge < -0.3 is 10.6 Å². The van der Waals surface area contributed by atoms with Crippen molar-refractivity contribution >= 4 is 24.0 Å². The predicted octanol–water partition coefficient (Wildman–Crippen LogP) is 2.68. The summed E-state index contributed by atoms with van der Waals surface area (Å²) in [4.78, 5) is 11.6. The Morgan fingerprint density at radius 3 is 2.50 bits per heavy atom. The van der Waals surface area contributed by atoms with Crippen LogP contribution >= 0.6 is 12.4 Å². The Hall–Kier alpha value is -1.22. The highest BCUT2D eigenvalue weighted by Gasteiger charge is 2.45. The molecular weight excluding hydrogens is 248 g/mol. The van der Waals surface area contributed by atoms with E-state index in [0.717, 1.165) is 12.2 Å². The number of carbonyl (C=O) groups is 1. The first-order valence-electron chi connectivity index (χ1n) is 6.13. The van der Waals surface area contributed by atoms with E-state index in [0.29, 0.717) is 17.9 Å². The van der Waals surface area contributed by atoms with Gasteiger partial charge in [-0.05, 0) is 29.9 Å². The SMILES string of the molecule is CC1(C)CC1CNC(=O)CNc1ccccc1.Cl. The zero-order valence-corrected chi connectivity index (χ0v) is 11.7. The normalized spacial score (nSPS) is 19.6. The number of anilines is 1. The maximum Gasteiger partial charge on any atom is 0.239 e. The van der Waals surface area contributed by atoms with Crippen molar-refractivity contribution in [2.24, 2.45) is 11.3 Å². The van der Waals surface area contributed by atoms with Crippen LogP contribution in [0.15, 0.2) is 30.3 Å². The lowest BCUT2D eigenvalue weighted by molar-refractivity contribution is -0.119. The summed E-state index contributed by atoms with van der Waals surface area (Å²) in [7, 11) is 0. The Bertz CT molecular complexity index is 392. The van der Waals surface area contributed by atoms with Gasteiger partial charge in [-0.3, -0.25) is 4.79 Å². The molecule has 3 nitrogen and oxygen atoms in total. The van der Waals surface area contributed by atoms with Crippen molar-refractivity contribution in [1.29, 1.82) is 0 Å². The van der Waals surface area contributed by atoms with Gasteiger partial charge in [0.05, 0.1) is 6.54 Å². The van der Waals surface area contributed by atoms with Crippen molar-refractivity contribution in [2.45, 2.75) is 20.3 Å². The lowest BCUT2D eigenvalue weighted by atomic mass is 10.1. The molecule has 1 aliphatic carbocycles. The molecule has 0 radical (unpaired) electrons. The summed E-state index contributed by atoms with van der Waals surface area (Å²) in [5.74, 6) is 0.722. The van der Waals surface area contributed by atoms with Crippen LogP contribution in [0.25, 0.3) is 0 Å². The molecule has 2 rings (SSSR count). The van der Waals surface area contributed by atoms with Crippen LogP contribution in [-0.4, -0.2) is 19.0 Å². The van der Waals surface area contributed by atoms with Gasteiger partial charge in [-0.2, -0.15) is 0 Å². The fourth-order valence-electron chi connectivity index (χ4n) is 1.96. The Balaban J connectivity index is 0.00000162. The van der Waals surface area contributed by atoms with Crippen molar-refractivity contribution < 1.29 is 4.79 Å². The molecule has 18 heavy (non-hydrogen) atoms. The molecule has 0 bridgehead atoms. The minimum absolute atomic E-state index is 0. The van der Waals surface area contributed by atoms with Gasteiger partial charge in [0.25, 0.3) is 0 Å². The number of hydrogen-bond donors (Lipinski definition) is 2. The molecule has 0 spiro atoms. The number of amides is 1. The third-order valence-electron chi connectivity index (χ3n) is 3.49. The molecule has 1 fully saturated rings. The number of carbonyl (C=O) groups excluding carboxylic acids is 1. The third-order valence-corrected chi connectivity index (χ3v) is 3.49. The maximum atomic E-state index is 11.6. The highest BCUT2D eigenvalue weighted by atomic mass is 35.5. The highest BCUT2D eigenvalue weighted by Crippen LogP contribution is 2.50. The number of nitrogens with one attached hydrogen (secondary N) is 2.